The van der Waals surface area contributed by atoms with Gasteiger partial charge in [0.25, 0.3) is 0 Å². The van der Waals surface area contributed by atoms with Gasteiger partial charge >= 0.3 is 0 Å². The molecule has 98 valence electrons. The zero-order valence-corrected chi connectivity index (χ0v) is 11.9. The molecule has 0 amide bonds. The number of likely N-dealkylation sites (N-methyl/N-ethyl adjacent to an activating group) is 1. The number of hydrogen-bond acceptors (Lipinski definition) is 3. The second-order valence-electron chi connectivity index (χ2n) is 5.51. The lowest BCUT2D eigenvalue weighted by Gasteiger charge is -2.21. The molecule has 0 aliphatic heterocycles. The van der Waals surface area contributed by atoms with Crippen LogP contribution in [0.4, 0.5) is 0 Å². The Hall–Kier alpha value is -1.53. The van der Waals surface area contributed by atoms with Crippen LogP contribution in [0.3, 0.4) is 0 Å². The van der Waals surface area contributed by atoms with Crippen LogP contribution in [0.5, 0.6) is 5.75 Å². The lowest BCUT2D eigenvalue weighted by Crippen LogP contribution is -2.30. The number of nitriles is 1. The molecule has 1 unspecified atom stereocenters. The van der Waals surface area contributed by atoms with E-state index in [1.807, 2.05) is 13.0 Å². The Morgan fingerprint density at radius 1 is 1.39 bits per heavy atom. The third-order valence-electron chi connectivity index (χ3n) is 2.95. The number of nitrogens with zero attached hydrogens (tertiary/aromatic N) is 1. The van der Waals surface area contributed by atoms with Gasteiger partial charge in [-0.15, -0.1) is 0 Å². The molecule has 0 saturated carbocycles. The van der Waals surface area contributed by atoms with Gasteiger partial charge < -0.3 is 10.1 Å². The van der Waals surface area contributed by atoms with Crippen molar-refractivity contribution in [2.24, 2.45) is 0 Å². The summed E-state index contributed by atoms with van der Waals surface area (Å²) in [5, 5.41) is 11.7. The molecule has 0 saturated heterocycles. The summed E-state index contributed by atoms with van der Waals surface area (Å²) in [6.45, 7) is 8.97. The molecular formula is C15H22N2O. The minimum Gasteiger partial charge on any atom is -0.491 e. The highest BCUT2D eigenvalue weighted by atomic mass is 16.5. The van der Waals surface area contributed by atoms with Gasteiger partial charge in [0.2, 0.25) is 0 Å². The van der Waals surface area contributed by atoms with Crippen LogP contribution < -0.4 is 10.1 Å². The largest absolute Gasteiger partial charge is 0.491 e. The topological polar surface area (TPSA) is 45.0 Å². The maximum atomic E-state index is 8.83. The van der Waals surface area contributed by atoms with E-state index in [0.29, 0.717) is 6.61 Å². The fourth-order valence-corrected chi connectivity index (χ4v) is 1.64. The first-order valence-corrected chi connectivity index (χ1v) is 6.19. The summed E-state index contributed by atoms with van der Waals surface area (Å²) >= 11 is 0. The number of nitrogens with one attached hydrogen (secondary N) is 1. The van der Waals surface area contributed by atoms with E-state index in [2.05, 4.69) is 44.3 Å². The van der Waals surface area contributed by atoms with Crippen LogP contribution in [0.1, 0.15) is 31.9 Å². The molecule has 1 atom stereocenters. The first-order chi connectivity index (χ1) is 8.38. The van der Waals surface area contributed by atoms with E-state index in [4.69, 9.17) is 10.00 Å². The smallest absolute Gasteiger partial charge is 0.129 e. The van der Waals surface area contributed by atoms with Crippen molar-refractivity contribution in [2.45, 2.75) is 39.2 Å². The highest BCUT2D eigenvalue weighted by Crippen LogP contribution is 2.27. The second-order valence-corrected chi connectivity index (χ2v) is 5.51. The van der Waals surface area contributed by atoms with Crippen molar-refractivity contribution in [3.05, 3.63) is 29.3 Å². The predicted octanol–water partition coefficient (Wildman–Crippen LogP) is 2.78. The number of hydrogen-bond donors (Lipinski definition) is 1. The van der Waals surface area contributed by atoms with Crippen molar-refractivity contribution in [3.63, 3.8) is 0 Å². The van der Waals surface area contributed by atoms with Crippen LogP contribution in [0.25, 0.3) is 0 Å². The van der Waals surface area contributed by atoms with Gasteiger partial charge in [0.1, 0.15) is 18.4 Å². The number of rotatable bonds is 4. The van der Waals surface area contributed by atoms with Gasteiger partial charge in [-0.25, -0.2) is 0 Å². The van der Waals surface area contributed by atoms with Gasteiger partial charge in [0.15, 0.2) is 0 Å². The van der Waals surface area contributed by atoms with Crippen molar-refractivity contribution in [3.8, 4) is 11.8 Å². The maximum Gasteiger partial charge on any atom is 0.129 e. The predicted molar refractivity (Wildman–Crippen MR) is 73.8 cm³/mol. The maximum absolute atomic E-state index is 8.83. The monoisotopic (exact) mass is 246 g/mol. The van der Waals surface area contributed by atoms with Crippen molar-refractivity contribution >= 4 is 0 Å². The summed E-state index contributed by atoms with van der Waals surface area (Å²) in [5.74, 6) is 0.846. The molecule has 18 heavy (non-hydrogen) atoms. The Bertz CT molecular complexity index is 441. The molecule has 1 rings (SSSR count). The van der Waals surface area contributed by atoms with Crippen LogP contribution >= 0.6 is 0 Å². The molecule has 0 radical (unpaired) electrons. The zero-order valence-electron chi connectivity index (χ0n) is 11.9. The van der Waals surface area contributed by atoms with Gasteiger partial charge in [0, 0.05) is 0 Å². The van der Waals surface area contributed by atoms with E-state index in [1.165, 1.54) is 5.56 Å². The van der Waals surface area contributed by atoms with Gasteiger partial charge in [-0.1, -0.05) is 32.9 Å². The van der Waals surface area contributed by atoms with Crippen molar-refractivity contribution in [2.75, 3.05) is 13.7 Å². The van der Waals surface area contributed by atoms with E-state index >= 15 is 0 Å². The van der Waals surface area contributed by atoms with E-state index in [9.17, 15) is 0 Å². The zero-order chi connectivity index (χ0) is 13.8. The molecule has 0 fully saturated rings. The van der Waals surface area contributed by atoms with Crippen molar-refractivity contribution in [1.29, 1.82) is 5.26 Å². The second kappa shape index (κ2) is 5.88. The van der Waals surface area contributed by atoms with Gasteiger partial charge in [0.05, 0.1) is 6.07 Å². The van der Waals surface area contributed by atoms with Gasteiger partial charge in [-0.3, -0.25) is 0 Å². The molecule has 0 spiro atoms. The van der Waals surface area contributed by atoms with Crippen LogP contribution in [-0.4, -0.2) is 19.7 Å². The number of benzene rings is 1. The average Bonchev–Trinajstić information content (AvgIpc) is 2.30. The molecule has 0 bridgehead atoms. The standard InChI is InChI=1S/C15H22N2O/c1-11-8-12(15(2,3)4)6-7-14(11)18-10-13(9-16)17-5/h6-8,13,17H,10H2,1-5H3. The number of aryl methyl sites for hydroxylation is 1. The summed E-state index contributed by atoms with van der Waals surface area (Å²) in [6, 6.07) is 8.09. The Balaban J connectivity index is 2.78. The Morgan fingerprint density at radius 3 is 2.50 bits per heavy atom. The first-order valence-electron chi connectivity index (χ1n) is 6.19. The Labute approximate surface area is 110 Å². The van der Waals surface area contributed by atoms with Crippen molar-refractivity contribution in [1.82, 2.24) is 5.32 Å². The fourth-order valence-electron chi connectivity index (χ4n) is 1.64. The Kier molecular flexibility index (Phi) is 4.75. The SMILES string of the molecule is CNC(C#N)COc1ccc(C(C)(C)C)cc1C. The molecule has 3 nitrogen and oxygen atoms in total. The normalized spacial score (nSPS) is 12.9. The molecule has 1 aromatic carbocycles. The minimum atomic E-state index is -0.272. The van der Waals surface area contributed by atoms with Crippen LogP contribution in [0.15, 0.2) is 18.2 Å². The lowest BCUT2D eigenvalue weighted by molar-refractivity contribution is 0.293. The van der Waals surface area contributed by atoms with E-state index in [0.717, 1.165) is 11.3 Å². The van der Waals surface area contributed by atoms with E-state index < -0.39 is 0 Å². The van der Waals surface area contributed by atoms with Crippen LogP contribution in [-0.2, 0) is 5.41 Å². The van der Waals surface area contributed by atoms with Gasteiger partial charge in [-0.05, 0) is 36.6 Å². The molecule has 0 aliphatic rings. The van der Waals surface area contributed by atoms with Crippen molar-refractivity contribution < 1.29 is 4.74 Å². The third kappa shape index (κ3) is 3.75. The summed E-state index contributed by atoms with van der Waals surface area (Å²) in [5.41, 5.74) is 2.54. The summed E-state index contributed by atoms with van der Waals surface area (Å²) in [4.78, 5) is 0. The summed E-state index contributed by atoms with van der Waals surface area (Å²) < 4.78 is 5.66. The highest BCUT2D eigenvalue weighted by molar-refractivity contribution is 5.38. The Morgan fingerprint density at radius 2 is 2.06 bits per heavy atom. The van der Waals surface area contributed by atoms with E-state index in [-0.39, 0.29) is 11.5 Å². The minimum absolute atomic E-state index is 0.142. The number of ether oxygens (including phenoxy) is 1. The summed E-state index contributed by atoms with van der Waals surface area (Å²) in [6.07, 6.45) is 0. The molecule has 1 aromatic rings. The molecule has 1 N–H and O–H groups in total. The van der Waals surface area contributed by atoms with E-state index in [1.54, 1.807) is 7.05 Å². The molecule has 3 heteroatoms. The van der Waals surface area contributed by atoms with Crippen LogP contribution in [0.2, 0.25) is 0 Å². The molecular weight excluding hydrogens is 224 g/mol. The fraction of sp³-hybridized carbons (Fsp3) is 0.533. The molecule has 0 heterocycles. The quantitative estimate of drug-likeness (QED) is 0.888. The molecule has 0 aromatic heterocycles. The third-order valence-corrected chi connectivity index (χ3v) is 2.95. The summed E-state index contributed by atoms with van der Waals surface area (Å²) in [7, 11) is 1.76. The average molecular weight is 246 g/mol. The highest BCUT2D eigenvalue weighted by Gasteiger charge is 2.15. The first kappa shape index (κ1) is 14.5. The van der Waals surface area contributed by atoms with Gasteiger partial charge in [-0.2, -0.15) is 5.26 Å². The lowest BCUT2D eigenvalue weighted by atomic mass is 9.86. The van der Waals surface area contributed by atoms with Crippen LogP contribution in [0, 0.1) is 18.3 Å². The molecule has 0 aliphatic carbocycles.